The topological polar surface area (TPSA) is 39.7 Å². The summed E-state index contributed by atoms with van der Waals surface area (Å²) in [5, 5.41) is 6.91. The second kappa shape index (κ2) is 10.1. The van der Waals surface area contributed by atoms with E-state index in [9.17, 15) is 0 Å². The summed E-state index contributed by atoms with van der Waals surface area (Å²) in [5.41, 5.74) is 1.34. The first-order valence-corrected chi connectivity index (χ1v) is 9.08. The predicted octanol–water partition coefficient (Wildman–Crippen LogP) is 3.26. The van der Waals surface area contributed by atoms with E-state index in [0.29, 0.717) is 5.92 Å². The number of benzene rings is 1. The zero-order valence-corrected chi connectivity index (χ0v) is 14.7. The molecular formula is C19H32N4. The van der Waals surface area contributed by atoms with E-state index in [1.54, 1.807) is 0 Å². The van der Waals surface area contributed by atoms with Gasteiger partial charge in [0.2, 0.25) is 0 Å². The van der Waals surface area contributed by atoms with Gasteiger partial charge in [-0.1, -0.05) is 44.4 Å². The fraction of sp³-hybridized carbons (Fsp3) is 0.632. The van der Waals surface area contributed by atoms with Gasteiger partial charge in [-0.05, 0) is 30.9 Å². The molecule has 2 rings (SSSR count). The number of unbranched alkanes of at least 4 members (excludes halogenated alkanes) is 3. The number of nitrogens with one attached hydrogen (secondary N) is 2. The molecule has 2 N–H and O–H groups in total. The van der Waals surface area contributed by atoms with Crippen molar-refractivity contribution < 1.29 is 0 Å². The maximum Gasteiger partial charge on any atom is 0.190 e. The molecule has 1 aromatic rings. The molecule has 1 aliphatic heterocycles. The Bertz CT molecular complexity index is 458. The SMILES string of the molecule is CCCCCCNC(=NC)NCC1CCN(c2ccccc2)C1. The van der Waals surface area contributed by atoms with Crippen LogP contribution in [0.5, 0.6) is 0 Å². The van der Waals surface area contributed by atoms with Crippen LogP contribution < -0.4 is 15.5 Å². The van der Waals surface area contributed by atoms with Gasteiger partial charge in [-0.3, -0.25) is 4.99 Å². The molecule has 0 bridgehead atoms. The van der Waals surface area contributed by atoms with Crippen LogP contribution >= 0.6 is 0 Å². The zero-order chi connectivity index (χ0) is 16.3. The Kier molecular flexibility index (Phi) is 7.78. The van der Waals surface area contributed by atoms with E-state index in [4.69, 9.17) is 0 Å². The lowest BCUT2D eigenvalue weighted by Crippen LogP contribution is -2.40. The van der Waals surface area contributed by atoms with Crippen LogP contribution in [0.3, 0.4) is 0 Å². The number of anilines is 1. The van der Waals surface area contributed by atoms with E-state index in [1.807, 2.05) is 7.05 Å². The van der Waals surface area contributed by atoms with E-state index in [0.717, 1.165) is 32.1 Å². The van der Waals surface area contributed by atoms with Crippen LogP contribution in [0.25, 0.3) is 0 Å². The number of hydrogen-bond acceptors (Lipinski definition) is 2. The summed E-state index contributed by atoms with van der Waals surface area (Å²) >= 11 is 0. The molecule has 0 amide bonds. The molecule has 1 unspecified atom stereocenters. The highest BCUT2D eigenvalue weighted by Crippen LogP contribution is 2.22. The van der Waals surface area contributed by atoms with Crippen molar-refractivity contribution in [1.29, 1.82) is 0 Å². The van der Waals surface area contributed by atoms with E-state index in [2.05, 4.69) is 57.8 Å². The van der Waals surface area contributed by atoms with Gasteiger partial charge in [0.1, 0.15) is 0 Å². The Balaban J connectivity index is 1.65. The molecule has 0 spiro atoms. The van der Waals surface area contributed by atoms with Gasteiger partial charge in [-0.2, -0.15) is 0 Å². The molecule has 1 heterocycles. The highest BCUT2D eigenvalue weighted by Gasteiger charge is 2.22. The number of aliphatic imine (C=N–C) groups is 1. The van der Waals surface area contributed by atoms with Crippen molar-refractivity contribution in [2.75, 3.05) is 38.1 Å². The summed E-state index contributed by atoms with van der Waals surface area (Å²) in [5.74, 6) is 1.63. The van der Waals surface area contributed by atoms with E-state index >= 15 is 0 Å². The average molecular weight is 316 g/mol. The average Bonchev–Trinajstić information content (AvgIpc) is 3.07. The third-order valence-corrected chi connectivity index (χ3v) is 4.51. The molecule has 0 saturated carbocycles. The van der Waals surface area contributed by atoms with Gasteiger partial charge < -0.3 is 15.5 Å². The Morgan fingerprint density at radius 3 is 2.74 bits per heavy atom. The lowest BCUT2D eigenvalue weighted by atomic mass is 10.1. The van der Waals surface area contributed by atoms with Crippen molar-refractivity contribution in [3.63, 3.8) is 0 Å². The van der Waals surface area contributed by atoms with E-state index in [-0.39, 0.29) is 0 Å². The minimum Gasteiger partial charge on any atom is -0.371 e. The van der Waals surface area contributed by atoms with Crippen LogP contribution in [0, 0.1) is 5.92 Å². The minimum absolute atomic E-state index is 0.689. The largest absolute Gasteiger partial charge is 0.371 e. The molecule has 4 nitrogen and oxygen atoms in total. The molecule has 0 radical (unpaired) electrons. The van der Waals surface area contributed by atoms with Crippen LogP contribution in [0.1, 0.15) is 39.0 Å². The van der Waals surface area contributed by atoms with Crippen LogP contribution in [-0.2, 0) is 0 Å². The van der Waals surface area contributed by atoms with E-state index < -0.39 is 0 Å². The standard InChI is InChI=1S/C19H32N4/c1-3-4-5-9-13-21-19(20-2)22-15-17-12-14-23(16-17)18-10-7-6-8-11-18/h6-8,10-11,17H,3-5,9,12-16H2,1-2H3,(H2,20,21,22). The van der Waals surface area contributed by atoms with Gasteiger partial charge >= 0.3 is 0 Å². The molecule has 1 aliphatic rings. The van der Waals surface area contributed by atoms with Gasteiger partial charge in [0, 0.05) is 38.9 Å². The van der Waals surface area contributed by atoms with Crippen molar-refractivity contribution in [3.05, 3.63) is 30.3 Å². The van der Waals surface area contributed by atoms with Crippen molar-refractivity contribution >= 4 is 11.6 Å². The highest BCUT2D eigenvalue weighted by molar-refractivity contribution is 5.79. The summed E-state index contributed by atoms with van der Waals surface area (Å²) in [6.45, 7) is 6.54. The van der Waals surface area contributed by atoms with E-state index in [1.165, 1.54) is 37.8 Å². The Morgan fingerprint density at radius 2 is 2.00 bits per heavy atom. The Morgan fingerprint density at radius 1 is 1.17 bits per heavy atom. The van der Waals surface area contributed by atoms with Gasteiger partial charge in [0.25, 0.3) is 0 Å². The fourth-order valence-corrected chi connectivity index (χ4v) is 3.09. The molecule has 1 aromatic carbocycles. The summed E-state index contributed by atoms with van der Waals surface area (Å²) in [6.07, 6.45) is 6.38. The summed E-state index contributed by atoms with van der Waals surface area (Å²) < 4.78 is 0. The number of guanidine groups is 1. The Labute approximate surface area is 141 Å². The molecule has 0 aromatic heterocycles. The first kappa shape index (κ1) is 17.6. The lowest BCUT2D eigenvalue weighted by molar-refractivity contribution is 0.563. The van der Waals surface area contributed by atoms with Crippen LogP contribution in [0.4, 0.5) is 5.69 Å². The van der Waals surface area contributed by atoms with Gasteiger partial charge in [-0.15, -0.1) is 0 Å². The third-order valence-electron chi connectivity index (χ3n) is 4.51. The van der Waals surface area contributed by atoms with Gasteiger partial charge in [-0.25, -0.2) is 0 Å². The minimum atomic E-state index is 0.689. The maximum absolute atomic E-state index is 4.32. The molecule has 1 fully saturated rings. The number of nitrogens with zero attached hydrogens (tertiary/aromatic N) is 2. The lowest BCUT2D eigenvalue weighted by Gasteiger charge is -2.19. The normalized spacial score (nSPS) is 18.3. The molecule has 128 valence electrons. The number of hydrogen-bond donors (Lipinski definition) is 2. The molecule has 23 heavy (non-hydrogen) atoms. The monoisotopic (exact) mass is 316 g/mol. The predicted molar refractivity (Wildman–Crippen MR) is 100 cm³/mol. The second-order valence-corrected chi connectivity index (χ2v) is 6.38. The van der Waals surface area contributed by atoms with Crippen molar-refractivity contribution in [2.24, 2.45) is 10.9 Å². The van der Waals surface area contributed by atoms with Crippen molar-refractivity contribution in [3.8, 4) is 0 Å². The Hall–Kier alpha value is -1.71. The fourth-order valence-electron chi connectivity index (χ4n) is 3.09. The summed E-state index contributed by atoms with van der Waals surface area (Å²) in [4.78, 5) is 6.80. The molecule has 4 heteroatoms. The second-order valence-electron chi connectivity index (χ2n) is 6.38. The molecule has 1 saturated heterocycles. The first-order chi connectivity index (χ1) is 11.3. The first-order valence-electron chi connectivity index (χ1n) is 9.08. The maximum atomic E-state index is 4.32. The number of para-hydroxylation sites is 1. The van der Waals surface area contributed by atoms with Gasteiger partial charge in [0.05, 0.1) is 0 Å². The van der Waals surface area contributed by atoms with Gasteiger partial charge in [0.15, 0.2) is 5.96 Å². The van der Waals surface area contributed by atoms with Crippen molar-refractivity contribution in [2.45, 2.75) is 39.0 Å². The van der Waals surface area contributed by atoms with Crippen LogP contribution in [0.15, 0.2) is 35.3 Å². The smallest absolute Gasteiger partial charge is 0.190 e. The summed E-state index contributed by atoms with van der Waals surface area (Å²) in [7, 11) is 1.85. The number of rotatable bonds is 8. The van der Waals surface area contributed by atoms with Crippen LogP contribution in [0.2, 0.25) is 0 Å². The quantitative estimate of drug-likeness (QED) is 0.439. The zero-order valence-electron chi connectivity index (χ0n) is 14.7. The third kappa shape index (κ3) is 6.12. The summed E-state index contributed by atoms with van der Waals surface area (Å²) in [6, 6.07) is 10.7. The molecular weight excluding hydrogens is 284 g/mol. The van der Waals surface area contributed by atoms with Crippen molar-refractivity contribution in [1.82, 2.24) is 10.6 Å². The molecule has 1 atom stereocenters. The van der Waals surface area contributed by atoms with Crippen LogP contribution in [-0.4, -0.2) is 39.2 Å². The highest BCUT2D eigenvalue weighted by atomic mass is 15.2. The molecule has 0 aliphatic carbocycles.